The van der Waals surface area contributed by atoms with Gasteiger partial charge in [0.15, 0.2) is 0 Å². The first-order chi connectivity index (χ1) is 15.0. The number of amides is 5. The Morgan fingerprint density at radius 2 is 1.84 bits per heavy atom. The van der Waals surface area contributed by atoms with Gasteiger partial charge in [-0.25, -0.2) is 9.59 Å². The number of rotatable bonds is 6. The number of hydrogen-bond acceptors (Lipinski definition) is 5. The van der Waals surface area contributed by atoms with Gasteiger partial charge in [-0.3, -0.25) is 14.5 Å². The number of nitrogens with one attached hydrogen (secondary N) is 2. The van der Waals surface area contributed by atoms with E-state index < -0.39 is 23.3 Å². The molecule has 9 nitrogen and oxygen atoms in total. The zero-order valence-corrected chi connectivity index (χ0v) is 19.2. The third-order valence-electron chi connectivity index (χ3n) is 5.67. The van der Waals surface area contributed by atoms with Gasteiger partial charge in [0, 0.05) is 25.7 Å². The first-order valence-corrected chi connectivity index (χ1v) is 11.0. The van der Waals surface area contributed by atoms with Crippen molar-refractivity contribution in [2.45, 2.75) is 70.6 Å². The van der Waals surface area contributed by atoms with Crippen LogP contribution >= 0.6 is 0 Å². The van der Waals surface area contributed by atoms with Crippen LogP contribution in [0.3, 0.4) is 0 Å². The standard InChI is InChI=1S/C23H32N4O5/c1-22(2,3)32-21(31)26(4)15-16-9-5-6-10-17(16)24-18(28)11-14-27-19(29)23(25-20(27)30)12-7-8-13-23/h5-6,9-10H,7-8,11-15H2,1-4H3,(H,24,28)(H,25,30). The van der Waals surface area contributed by atoms with Crippen molar-refractivity contribution in [1.82, 2.24) is 15.1 Å². The summed E-state index contributed by atoms with van der Waals surface area (Å²) in [6, 6.07) is 6.75. The maximum atomic E-state index is 12.7. The second-order valence-electron chi connectivity index (χ2n) is 9.47. The summed E-state index contributed by atoms with van der Waals surface area (Å²) in [7, 11) is 1.63. The summed E-state index contributed by atoms with van der Waals surface area (Å²) in [6.45, 7) is 5.67. The van der Waals surface area contributed by atoms with Crippen molar-refractivity contribution in [3.63, 3.8) is 0 Å². The number of anilines is 1. The van der Waals surface area contributed by atoms with Crippen LogP contribution in [-0.2, 0) is 20.9 Å². The molecule has 0 bridgehead atoms. The van der Waals surface area contributed by atoms with Gasteiger partial charge in [0.05, 0.1) is 6.54 Å². The average Bonchev–Trinajstić information content (AvgIpc) is 3.26. The molecule has 1 aliphatic heterocycles. The van der Waals surface area contributed by atoms with Crippen LogP contribution in [0, 0.1) is 0 Å². The van der Waals surface area contributed by atoms with Crippen LogP contribution in [0.5, 0.6) is 0 Å². The number of carbonyl (C=O) groups is 4. The summed E-state index contributed by atoms with van der Waals surface area (Å²) in [6.07, 6.45) is 2.66. The molecule has 2 fully saturated rings. The molecule has 2 N–H and O–H groups in total. The second-order valence-corrected chi connectivity index (χ2v) is 9.47. The highest BCUT2D eigenvalue weighted by molar-refractivity contribution is 6.07. The lowest BCUT2D eigenvalue weighted by molar-refractivity contribution is -0.131. The monoisotopic (exact) mass is 444 g/mol. The summed E-state index contributed by atoms with van der Waals surface area (Å²) in [5.41, 5.74) is -0.0616. The lowest BCUT2D eigenvalue weighted by Crippen LogP contribution is -2.44. The third kappa shape index (κ3) is 5.38. The molecule has 1 spiro atoms. The van der Waals surface area contributed by atoms with E-state index in [0.29, 0.717) is 18.5 Å². The van der Waals surface area contributed by atoms with Crippen LogP contribution in [-0.4, -0.2) is 58.5 Å². The smallest absolute Gasteiger partial charge is 0.410 e. The third-order valence-corrected chi connectivity index (χ3v) is 5.67. The SMILES string of the molecule is CN(Cc1ccccc1NC(=O)CCN1C(=O)NC2(CCCC2)C1=O)C(=O)OC(C)(C)C. The highest BCUT2D eigenvalue weighted by Crippen LogP contribution is 2.35. The molecule has 1 heterocycles. The van der Waals surface area contributed by atoms with E-state index in [1.807, 2.05) is 12.1 Å². The molecule has 0 radical (unpaired) electrons. The average molecular weight is 445 g/mol. The largest absolute Gasteiger partial charge is 0.444 e. The molecule has 1 aromatic carbocycles. The van der Waals surface area contributed by atoms with Gasteiger partial charge < -0.3 is 20.3 Å². The zero-order chi connectivity index (χ0) is 23.5. The molecule has 9 heteroatoms. The Balaban J connectivity index is 1.57. The molecular formula is C23H32N4O5. The van der Waals surface area contributed by atoms with Crippen LogP contribution in [0.2, 0.25) is 0 Å². The number of imide groups is 1. The summed E-state index contributed by atoms with van der Waals surface area (Å²) < 4.78 is 5.37. The number of carbonyl (C=O) groups excluding carboxylic acids is 4. The minimum absolute atomic E-state index is 0.00845. The summed E-state index contributed by atoms with van der Waals surface area (Å²) in [5, 5.41) is 5.65. The Morgan fingerprint density at radius 3 is 2.50 bits per heavy atom. The van der Waals surface area contributed by atoms with Crippen molar-refractivity contribution >= 4 is 29.6 Å². The Labute approximate surface area is 188 Å². The number of benzene rings is 1. The molecule has 5 amide bonds. The van der Waals surface area contributed by atoms with Gasteiger partial charge in [-0.05, 0) is 45.2 Å². The van der Waals surface area contributed by atoms with E-state index in [4.69, 9.17) is 4.74 Å². The minimum Gasteiger partial charge on any atom is -0.444 e. The molecule has 32 heavy (non-hydrogen) atoms. The molecule has 1 saturated heterocycles. The van der Waals surface area contributed by atoms with Crippen molar-refractivity contribution in [3.8, 4) is 0 Å². The summed E-state index contributed by atoms with van der Waals surface area (Å²) in [4.78, 5) is 52.4. The van der Waals surface area contributed by atoms with Crippen molar-refractivity contribution < 1.29 is 23.9 Å². The van der Waals surface area contributed by atoms with E-state index in [0.717, 1.165) is 23.3 Å². The van der Waals surface area contributed by atoms with Crippen molar-refractivity contribution in [2.24, 2.45) is 0 Å². The van der Waals surface area contributed by atoms with Gasteiger partial charge in [0.2, 0.25) is 5.91 Å². The first-order valence-electron chi connectivity index (χ1n) is 11.0. The van der Waals surface area contributed by atoms with Crippen LogP contribution < -0.4 is 10.6 Å². The fraction of sp³-hybridized carbons (Fsp3) is 0.565. The predicted molar refractivity (Wildman–Crippen MR) is 119 cm³/mol. The number of ether oxygens (including phenoxy) is 1. The number of urea groups is 1. The van der Waals surface area contributed by atoms with Gasteiger partial charge in [-0.15, -0.1) is 0 Å². The molecule has 3 rings (SSSR count). The summed E-state index contributed by atoms with van der Waals surface area (Å²) >= 11 is 0. The van der Waals surface area contributed by atoms with Gasteiger partial charge in [0.25, 0.3) is 5.91 Å². The maximum Gasteiger partial charge on any atom is 0.410 e. The molecule has 0 aromatic heterocycles. The first kappa shape index (κ1) is 23.6. The van der Waals surface area contributed by atoms with E-state index in [1.165, 1.54) is 4.90 Å². The Hall–Kier alpha value is -3.10. The molecule has 2 aliphatic rings. The minimum atomic E-state index is -0.771. The van der Waals surface area contributed by atoms with Crippen LogP contribution in [0.25, 0.3) is 0 Å². The Kier molecular flexibility index (Phi) is 6.76. The van der Waals surface area contributed by atoms with Gasteiger partial charge >= 0.3 is 12.1 Å². The van der Waals surface area contributed by atoms with Gasteiger partial charge in [-0.2, -0.15) is 0 Å². The van der Waals surface area contributed by atoms with E-state index in [1.54, 1.807) is 40.0 Å². The molecule has 1 aromatic rings. The number of hydrogen-bond donors (Lipinski definition) is 2. The summed E-state index contributed by atoms with van der Waals surface area (Å²) in [5.74, 6) is -0.544. The van der Waals surface area contributed by atoms with Crippen molar-refractivity contribution in [3.05, 3.63) is 29.8 Å². The second kappa shape index (κ2) is 9.18. The van der Waals surface area contributed by atoms with Crippen LogP contribution in [0.4, 0.5) is 15.3 Å². The molecule has 1 aliphatic carbocycles. The van der Waals surface area contributed by atoms with Crippen LogP contribution in [0.15, 0.2) is 24.3 Å². The highest BCUT2D eigenvalue weighted by atomic mass is 16.6. The normalized spacial score (nSPS) is 17.4. The Bertz CT molecular complexity index is 902. The van der Waals surface area contributed by atoms with E-state index >= 15 is 0 Å². The van der Waals surface area contributed by atoms with Crippen molar-refractivity contribution in [2.75, 3.05) is 18.9 Å². The van der Waals surface area contributed by atoms with E-state index in [-0.39, 0.29) is 31.3 Å². The molecule has 174 valence electrons. The fourth-order valence-electron chi connectivity index (χ4n) is 4.06. The predicted octanol–water partition coefficient (Wildman–Crippen LogP) is 3.25. The fourth-order valence-corrected chi connectivity index (χ4v) is 4.06. The quantitative estimate of drug-likeness (QED) is 0.655. The van der Waals surface area contributed by atoms with Gasteiger partial charge in [0.1, 0.15) is 11.1 Å². The molecule has 0 atom stereocenters. The molecular weight excluding hydrogens is 412 g/mol. The van der Waals surface area contributed by atoms with Crippen molar-refractivity contribution in [1.29, 1.82) is 0 Å². The number of nitrogens with zero attached hydrogens (tertiary/aromatic N) is 2. The van der Waals surface area contributed by atoms with E-state index in [9.17, 15) is 19.2 Å². The molecule has 1 saturated carbocycles. The Morgan fingerprint density at radius 1 is 1.19 bits per heavy atom. The van der Waals surface area contributed by atoms with Crippen LogP contribution in [0.1, 0.15) is 58.4 Å². The highest BCUT2D eigenvalue weighted by Gasteiger charge is 2.52. The molecule has 0 unspecified atom stereocenters. The maximum absolute atomic E-state index is 12.7. The zero-order valence-electron chi connectivity index (χ0n) is 19.2. The van der Waals surface area contributed by atoms with E-state index in [2.05, 4.69) is 10.6 Å². The number of para-hydroxylation sites is 1. The lowest BCUT2D eigenvalue weighted by atomic mass is 9.98. The van der Waals surface area contributed by atoms with Gasteiger partial charge in [-0.1, -0.05) is 31.0 Å². The lowest BCUT2D eigenvalue weighted by Gasteiger charge is -2.25. The topological polar surface area (TPSA) is 108 Å².